The lowest BCUT2D eigenvalue weighted by atomic mass is 9.93. The molecule has 2 N–H and O–H groups in total. The standard InChI is InChI=1S/C30H28N6O/c37-29-18-25(22-6-2-1-3-7-22)30(35-34-29)24-11-9-21(10-12-24)20-36-16-13-23(14-17-36)27-19-28(33-32-27)26-8-4-5-15-31-26/h1-12,15,18-19,23H,13-14,16-17,20H2,(H,32,33)(H,34,37). The second kappa shape index (κ2) is 10.3. The van der Waals surface area contributed by atoms with Crippen LogP contribution >= 0.6 is 0 Å². The maximum absolute atomic E-state index is 12.0. The smallest absolute Gasteiger partial charge is 0.264 e. The summed E-state index contributed by atoms with van der Waals surface area (Å²) >= 11 is 0. The van der Waals surface area contributed by atoms with Crippen LogP contribution in [-0.2, 0) is 6.54 Å². The molecular formula is C30H28N6O. The number of hydrogen-bond acceptors (Lipinski definition) is 5. The summed E-state index contributed by atoms with van der Waals surface area (Å²) in [6.45, 7) is 3.01. The molecular weight excluding hydrogens is 460 g/mol. The van der Waals surface area contributed by atoms with Gasteiger partial charge in [0.25, 0.3) is 5.56 Å². The van der Waals surface area contributed by atoms with Gasteiger partial charge in [-0.1, -0.05) is 60.7 Å². The topological polar surface area (TPSA) is 90.6 Å². The third kappa shape index (κ3) is 5.13. The predicted molar refractivity (Wildman–Crippen MR) is 145 cm³/mol. The first-order valence-electron chi connectivity index (χ1n) is 12.7. The van der Waals surface area contributed by atoms with E-state index >= 15 is 0 Å². The van der Waals surface area contributed by atoms with Crippen LogP contribution in [0, 0.1) is 0 Å². The Balaban J connectivity index is 1.10. The average molecular weight is 489 g/mol. The van der Waals surface area contributed by atoms with E-state index < -0.39 is 0 Å². The van der Waals surface area contributed by atoms with Gasteiger partial charge in [0.2, 0.25) is 0 Å². The molecule has 0 radical (unpaired) electrons. The molecule has 6 rings (SSSR count). The van der Waals surface area contributed by atoms with Gasteiger partial charge in [0.1, 0.15) is 5.69 Å². The van der Waals surface area contributed by atoms with E-state index in [1.165, 1.54) is 11.3 Å². The van der Waals surface area contributed by atoms with Crippen molar-refractivity contribution in [3.63, 3.8) is 0 Å². The van der Waals surface area contributed by atoms with Crippen molar-refractivity contribution in [1.82, 2.24) is 30.3 Å². The molecule has 0 amide bonds. The first kappa shape index (κ1) is 23.1. The van der Waals surface area contributed by atoms with Crippen LogP contribution in [0.4, 0.5) is 0 Å². The van der Waals surface area contributed by atoms with Gasteiger partial charge < -0.3 is 0 Å². The van der Waals surface area contributed by atoms with Crippen LogP contribution in [0.15, 0.2) is 95.9 Å². The van der Waals surface area contributed by atoms with Crippen LogP contribution in [0.3, 0.4) is 0 Å². The minimum atomic E-state index is -0.203. The number of benzene rings is 2. The lowest BCUT2D eigenvalue weighted by molar-refractivity contribution is 0.203. The predicted octanol–water partition coefficient (Wildman–Crippen LogP) is 5.27. The van der Waals surface area contributed by atoms with E-state index in [1.54, 1.807) is 12.3 Å². The van der Waals surface area contributed by atoms with E-state index in [0.717, 1.165) is 66.2 Å². The highest BCUT2D eigenvalue weighted by Gasteiger charge is 2.23. The van der Waals surface area contributed by atoms with E-state index in [-0.39, 0.29) is 5.56 Å². The zero-order chi connectivity index (χ0) is 25.0. The van der Waals surface area contributed by atoms with E-state index in [4.69, 9.17) is 0 Å². The van der Waals surface area contributed by atoms with Crippen molar-refractivity contribution in [2.45, 2.75) is 25.3 Å². The third-order valence-electron chi connectivity index (χ3n) is 7.08. The number of aromatic nitrogens is 5. The van der Waals surface area contributed by atoms with Crippen LogP contribution < -0.4 is 5.56 Å². The fraction of sp³-hybridized carbons (Fsp3) is 0.200. The molecule has 7 heteroatoms. The summed E-state index contributed by atoms with van der Waals surface area (Å²) in [5.41, 5.74) is 7.66. The maximum Gasteiger partial charge on any atom is 0.264 e. The minimum absolute atomic E-state index is 0.203. The number of pyridine rings is 1. The van der Waals surface area contributed by atoms with Gasteiger partial charge in [-0.25, -0.2) is 5.10 Å². The van der Waals surface area contributed by atoms with Crippen LogP contribution in [0.2, 0.25) is 0 Å². The molecule has 1 aliphatic heterocycles. The number of rotatable bonds is 6. The van der Waals surface area contributed by atoms with Gasteiger partial charge in [0, 0.05) is 41.5 Å². The van der Waals surface area contributed by atoms with Crippen molar-refractivity contribution in [2.24, 2.45) is 0 Å². The maximum atomic E-state index is 12.0. The zero-order valence-electron chi connectivity index (χ0n) is 20.5. The van der Waals surface area contributed by atoms with Gasteiger partial charge in [0.15, 0.2) is 0 Å². The number of likely N-dealkylation sites (tertiary alicyclic amines) is 1. The van der Waals surface area contributed by atoms with Crippen molar-refractivity contribution < 1.29 is 0 Å². The van der Waals surface area contributed by atoms with Gasteiger partial charge in [-0.3, -0.25) is 19.8 Å². The number of nitrogens with one attached hydrogen (secondary N) is 2. The Morgan fingerprint density at radius 2 is 1.57 bits per heavy atom. The van der Waals surface area contributed by atoms with Crippen molar-refractivity contribution in [3.8, 4) is 33.8 Å². The van der Waals surface area contributed by atoms with Crippen molar-refractivity contribution in [3.05, 3.63) is 113 Å². The molecule has 1 fully saturated rings. The quantitative estimate of drug-likeness (QED) is 0.340. The molecule has 1 saturated heterocycles. The van der Waals surface area contributed by atoms with Crippen LogP contribution in [0.25, 0.3) is 33.8 Å². The summed E-state index contributed by atoms with van der Waals surface area (Å²) in [7, 11) is 0. The monoisotopic (exact) mass is 488 g/mol. The molecule has 37 heavy (non-hydrogen) atoms. The van der Waals surface area contributed by atoms with Gasteiger partial charge in [-0.05, 0) is 55.3 Å². The molecule has 0 bridgehead atoms. The zero-order valence-corrected chi connectivity index (χ0v) is 20.5. The lowest BCUT2D eigenvalue weighted by Crippen LogP contribution is -2.32. The summed E-state index contributed by atoms with van der Waals surface area (Å²) < 4.78 is 0. The Kier molecular flexibility index (Phi) is 6.44. The summed E-state index contributed by atoms with van der Waals surface area (Å²) in [5, 5.41) is 14.7. The SMILES string of the molecule is O=c1cc(-c2ccccc2)c(-c2ccc(CN3CCC(c4cc(-c5ccccn5)n[nH]4)CC3)cc2)n[nH]1. The number of hydrogen-bond donors (Lipinski definition) is 2. The highest BCUT2D eigenvalue weighted by molar-refractivity contribution is 5.80. The molecule has 4 heterocycles. The highest BCUT2D eigenvalue weighted by atomic mass is 16.1. The molecule has 1 aliphatic rings. The molecule has 0 saturated carbocycles. The molecule has 0 atom stereocenters. The molecule has 5 aromatic rings. The van der Waals surface area contributed by atoms with Crippen molar-refractivity contribution in [2.75, 3.05) is 13.1 Å². The molecule has 0 aliphatic carbocycles. The van der Waals surface area contributed by atoms with E-state index in [1.807, 2.05) is 48.5 Å². The van der Waals surface area contributed by atoms with Crippen LogP contribution in [0.5, 0.6) is 0 Å². The van der Waals surface area contributed by atoms with E-state index in [2.05, 4.69) is 60.6 Å². The van der Waals surface area contributed by atoms with Crippen LogP contribution in [-0.4, -0.2) is 43.4 Å². The Morgan fingerprint density at radius 3 is 2.32 bits per heavy atom. The highest BCUT2D eigenvalue weighted by Crippen LogP contribution is 2.31. The van der Waals surface area contributed by atoms with Gasteiger partial charge in [-0.15, -0.1) is 0 Å². The summed E-state index contributed by atoms with van der Waals surface area (Å²) in [5.74, 6) is 0.492. The van der Waals surface area contributed by atoms with Gasteiger partial charge in [0.05, 0.1) is 11.4 Å². The Morgan fingerprint density at radius 1 is 0.784 bits per heavy atom. The number of H-pyrrole nitrogens is 2. The molecule has 3 aromatic heterocycles. The Labute approximate surface area is 215 Å². The van der Waals surface area contributed by atoms with Crippen molar-refractivity contribution >= 4 is 0 Å². The minimum Gasteiger partial charge on any atom is -0.299 e. The second-order valence-corrected chi connectivity index (χ2v) is 9.53. The van der Waals surface area contributed by atoms with Crippen LogP contribution in [0.1, 0.15) is 30.0 Å². The summed E-state index contributed by atoms with van der Waals surface area (Å²) in [6.07, 6.45) is 4.00. The Bertz CT molecular complexity index is 1520. The fourth-order valence-electron chi connectivity index (χ4n) is 5.08. The molecule has 0 unspecified atom stereocenters. The lowest BCUT2D eigenvalue weighted by Gasteiger charge is -2.31. The normalized spacial score (nSPS) is 14.6. The average Bonchev–Trinajstić information content (AvgIpc) is 3.46. The molecule has 0 spiro atoms. The number of piperidine rings is 1. The molecule has 184 valence electrons. The second-order valence-electron chi connectivity index (χ2n) is 9.53. The largest absolute Gasteiger partial charge is 0.299 e. The van der Waals surface area contributed by atoms with E-state index in [0.29, 0.717) is 5.92 Å². The van der Waals surface area contributed by atoms with Gasteiger partial charge in [-0.2, -0.15) is 10.2 Å². The number of aromatic amines is 2. The van der Waals surface area contributed by atoms with Crippen molar-refractivity contribution in [1.29, 1.82) is 0 Å². The fourth-order valence-corrected chi connectivity index (χ4v) is 5.08. The van der Waals surface area contributed by atoms with Gasteiger partial charge >= 0.3 is 0 Å². The molecule has 7 nitrogen and oxygen atoms in total. The Hall–Kier alpha value is -4.36. The summed E-state index contributed by atoms with van der Waals surface area (Å²) in [6, 6.07) is 28.1. The number of nitrogens with zero attached hydrogens (tertiary/aromatic N) is 4. The molecule has 2 aromatic carbocycles. The first-order valence-corrected chi connectivity index (χ1v) is 12.7. The first-order chi connectivity index (χ1) is 18.2. The third-order valence-corrected chi connectivity index (χ3v) is 7.08. The van der Waals surface area contributed by atoms with E-state index in [9.17, 15) is 4.79 Å². The summed E-state index contributed by atoms with van der Waals surface area (Å²) in [4.78, 5) is 18.9.